The third-order valence-corrected chi connectivity index (χ3v) is 6.71. The van der Waals surface area contributed by atoms with Crippen molar-refractivity contribution in [2.24, 2.45) is 5.92 Å². The first-order chi connectivity index (χ1) is 14.6. The summed E-state index contributed by atoms with van der Waals surface area (Å²) in [5.41, 5.74) is 6.42. The lowest BCUT2D eigenvalue weighted by atomic mass is 9.88. The molecule has 1 heterocycles. The summed E-state index contributed by atoms with van der Waals surface area (Å²) in [6, 6.07) is 14.2. The van der Waals surface area contributed by atoms with Gasteiger partial charge >= 0.3 is 0 Å². The first kappa shape index (κ1) is 22.7. The van der Waals surface area contributed by atoms with Gasteiger partial charge in [0, 0.05) is 12.1 Å². The monoisotopic (exact) mass is 407 g/mol. The van der Waals surface area contributed by atoms with Crippen molar-refractivity contribution in [3.63, 3.8) is 0 Å². The Balaban J connectivity index is 1.46. The molecule has 2 aromatic carbocycles. The molecular formula is C28H38FN. The van der Waals surface area contributed by atoms with Gasteiger partial charge in [-0.3, -0.25) is 4.90 Å². The molecule has 1 fully saturated rings. The summed E-state index contributed by atoms with van der Waals surface area (Å²) in [7, 11) is 0. The van der Waals surface area contributed by atoms with Gasteiger partial charge < -0.3 is 0 Å². The largest absolute Gasteiger partial charge is 0.299 e. The van der Waals surface area contributed by atoms with Crippen molar-refractivity contribution >= 4 is 5.57 Å². The molecule has 1 nitrogen and oxygen atoms in total. The van der Waals surface area contributed by atoms with E-state index in [1.807, 2.05) is 12.1 Å². The number of nitrogens with zero attached hydrogens (tertiary/aromatic N) is 1. The van der Waals surface area contributed by atoms with Crippen LogP contribution in [-0.2, 0) is 19.4 Å². The van der Waals surface area contributed by atoms with E-state index in [2.05, 4.69) is 43.5 Å². The Hall–Kier alpha value is -1.93. The van der Waals surface area contributed by atoms with E-state index in [0.717, 1.165) is 44.0 Å². The van der Waals surface area contributed by atoms with Gasteiger partial charge in [0.1, 0.15) is 5.82 Å². The molecular weight excluding hydrogens is 369 g/mol. The average Bonchev–Trinajstić information content (AvgIpc) is 2.78. The lowest BCUT2D eigenvalue weighted by Crippen LogP contribution is -2.33. The Morgan fingerprint density at radius 3 is 2.50 bits per heavy atom. The number of allylic oxidation sites excluding steroid dienone is 1. The molecule has 3 rings (SSSR count). The Kier molecular flexibility index (Phi) is 8.69. The number of unbranched alkanes of at least 4 members (excludes halogenated alkanes) is 1. The van der Waals surface area contributed by atoms with Crippen LogP contribution in [0.15, 0.2) is 49.0 Å². The molecule has 0 radical (unpaired) electrons. The van der Waals surface area contributed by atoms with E-state index in [1.54, 1.807) is 12.1 Å². The highest BCUT2D eigenvalue weighted by molar-refractivity contribution is 5.64. The van der Waals surface area contributed by atoms with E-state index in [-0.39, 0.29) is 5.82 Å². The molecule has 0 unspecified atom stereocenters. The Morgan fingerprint density at radius 2 is 1.80 bits per heavy atom. The number of hydrogen-bond acceptors (Lipinski definition) is 1. The highest BCUT2D eigenvalue weighted by atomic mass is 19.1. The summed E-state index contributed by atoms with van der Waals surface area (Å²) in [5, 5.41) is 0. The van der Waals surface area contributed by atoms with Crippen LogP contribution in [0.1, 0.15) is 74.6 Å². The molecule has 2 heteroatoms. The highest BCUT2D eigenvalue weighted by Gasteiger charge is 2.20. The molecule has 2 aromatic rings. The van der Waals surface area contributed by atoms with Crippen molar-refractivity contribution < 1.29 is 4.39 Å². The van der Waals surface area contributed by atoms with Gasteiger partial charge in [-0.1, -0.05) is 63.2 Å². The molecule has 1 aliphatic rings. The SMILES string of the molecule is C=C(CCC1CCN(Cc2ccccc2F)CC1)c1ccc(CCCC)c(CC)c1. The van der Waals surface area contributed by atoms with Gasteiger partial charge in [0.05, 0.1) is 0 Å². The van der Waals surface area contributed by atoms with Crippen molar-refractivity contribution in [3.8, 4) is 0 Å². The molecule has 1 saturated heterocycles. The molecule has 0 amide bonds. The van der Waals surface area contributed by atoms with E-state index in [1.165, 1.54) is 60.8 Å². The zero-order valence-corrected chi connectivity index (χ0v) is 18.9. The Bertz CT molecular complexity index is 817. The zero-order chi connectivity index (χ0) is 21.3. The van der Waals surface area contributed by atoms with Gasteiger partial charge in [-0.05, 0) is 92.3 Å². The molecule has 162 valence electrons. The van der Waals surface area contributed by atoms with Crippen molar-refractivity contribution in [3.05, 3.63) is 77.1 Å². The predicted octanol–water partition coefficient (Wildman–Crippen LogP) is 7.44. The second kappa shape index (κ2) is 11.5. The van der Waals surface area contributed by atoms with Crippen LogP contribution in [0.5, 0.6) is 0 Å². The molecule has 30 heavy (non-hydrogen) atoms. The number of rotatable bonds is 10. The van der Waals surface area contributed by atoms with E-state index in [0.29, 0.717) is 0 Å². The molecule has 0 atom stereocenters. The van der Waals surface area contributed by atoms with Crippen LogP contribution in [0, 0.1) is 11.7 Å². The molecule has 0 aromatic heterocycles. The van der Waals surface area contributed by atoms with Crippen LogP contribution < -0.4 is 0 Å². The first-order valence-electron chi connectivity index (χ1n) is 11.9. The number of hydrogen-bond donors (Lipinski definition) is 0. The quantitative estimate of drug-likeness (QED) is 0.396. The fourth-order valence-electron chi connectivity index (χ4n) is 4.61. The number of halogens is 1. The summed E-state index contributed by atoms with van der Waals surface area (Å²) in [6.45, 7) is 11.8. The van der Waals surface area contributed by atoms with Crippen LogP contribution >= 0.6 is 0 Å². The fourth-order valence-corrected chi connectivity index (χ4v) is 4.61. The molecule has 0 saturated carbocycles. The third kappa shape index (κ3) is 6.28. The van der Waals surface area contributed by atoms with Gasteiger partial charge in [-0.25, -0.2) is 4.39 Å². The fraction of sp³-hybridized carbons (Fsp3) is 0.500. The van der Waals surface area contributed by atoms with Gasteiger partial charge in [-0.15, -0.1) is 0 Å². The highest BCUT2D eigenvalue weighted by Crippen LogP contribution is 2.29. The molecule has 1 aliphatic heterocycles. The minimum Gasteiger partial charge on any atom is -0.299 e. The topological polar surface area (TPSA) is 3.24 Å². The second-order valence-corrected chi connectivity index (χ2v) is 8.89. The van der Waals surface area contributed by atoms with Crippen LogP contribution in [0.3, 0.4) is 0 Å². The van der Waals surface area contributed by atoms with Crippen molar-refractivity contribution in [1.29, 1.82) is 0 Å². The number of likely N-dealkylation sites (tertiary alicyclic amines) is 1. The van der Waals surface area contributed by atoms with Gasteiger partial charge in [-0.2, -0.15) is 0 Å². The van der Waals surface area contributed by atoms with E-state index < -0.39 is 0 Å². The normalized spacial score (nSPS) is 15.4. The van der Waals surface area contributed by atoms with Crippen LogP contribution in [-0.4, -0.2) is 18.0 Å². The van der Waals surface area contributed by atoms with Crippen molar-refractivity contribution in [1.82, 2.24) is 4.90 Å². The van der Waals surface area contributed by atoms with Gasteiger partial charge in [0.15, 0.2) is 0 Å². The first-order valence-corrected chi connectivity index (χ1v) is 11.9. The van der Waals surface area contributed by atoms with E-state index in [4.69, 9.17) is 0 Å². The third-order valence-electron chi connectivity index (χ3n) is 6.71. The summed E-state index contributed by atoms with van der Waals surface area (Å²) in [4.78, 5) is 2.40. The number of benzene rings is 2. The van der Waals surface area contributed by atoms with Crippen LogP contribution in [0.2, 0.25) is 0 Å². The minimum absolute atomic E-state index is 0.0805. The molecule has 0 bridgehead atoms. The molecule has 0 aliphatic carbocycles. The molecule has 0 N–H and O–H groups in total. The Labute approximate surface area is 183 Å². The summed E-state index contributed by atoms with van der Waals surface area (Å²) in [5.74, 6) is 0.677. The summed E-state index contributed by atoms with van der Waals surface area (Å²) in [6.07, 6.45) is 9.51. The maximum absolute atomic E-state index is 13.9. The lowest BCUT2D eigenvalue weighted by Gasteiger charge is -2.32. The molecule has 0 spiro atoms. The predicted molar refractivity (Wildman–Crippen MR) is 127 cm³/mol. The average molecular weight is 408 g/mol. The minimum atomic E-state index is -0.0805. The zero-order valence-electron chi connectivity index (χ0n) is 18.9. The van der Waals surface area contributed by atoms with Crippen LogP contribution in [0.4, 0.5) is 4.39 Å². The van der Waals surface area contributed by atoms with Crippen molar-refractivity contribution in [2.45, 2.75) is 71.8 Å². The van der Waals surface area contributed by atoms with Crippen molar-refractivity contribution in [2.75, 3.05) is 13.1 Å². The summed E-state index contributed by atoms with van der Waals surface area (Å²) < 4.78 is 13.9. The Morgan fingerprint density at radius 1 is 1.03 bits per heavy atom. The number of piperidine rings is 1. The van der Waals surface area contributed by atoms with E-state index >= 15 is 0 Å². The maximum Gasteiger partial charge on any atom is 0.127 e. The number of aryl methyl sites for hydroxylation is 2. The van der Waals surface area contributed by atoms with E-state index in [9.17, 15) is 4.39 Å². The van der Waals surface area contributed by atoms with Gasteiger partial charge in [0.2, 0.25) is 0 Å². The second-order valence-electron chi connectivity index (χ2n) is 8.89. The lowest BCUT2D eigenvalue weighted by molar-refractivity contribution is 0.171. The van der Waals surface area contributed by atoms with Crippen LogP contribution in [0.25, 0.3) is 5.57 Å². The summed E-state index contributed by atoms with van der Waals surface area (Å²) >= 11 is 0. The maximum atomic E-state index is 13.9. The van der Waals surface area contributed by atoms with Gasteiger partial charge in [0.25, 0.3) is 0 Å². The standard InChI is InChI=1S/C28H38FN/c1-4-6-9-25-14-15-26(20-24(25)5-2)22(3)12-13-23-16-18-30(19-17-23)21-27-10-7-8-11-28(27)29/h7-8,10-11,14-15,20,23H,3-6,9,12-13,16-19,21H2,1-2H3. The smallest absolute Gasteiger partial charge is 0.127 e.